The van der Waals surface area contributed by atoms with E-state index in [0.29, 0.717) is 5.88 Å². The number of hydrogen-bond acceptors (Lipinski definition) is 2. The third kappa shape index (κ3) is 2.65. The van der Waals surface area contributed by atoms with Crippen LogP contribution in [-0.2, 0) is 5.88 Å². The summed E-state index contributed by atoms with van der Waals surface area (Å²) in [5.41, 5.74) is 5.57. The van der Waals surface area contributed by atoms with Crippen molar-refractivity contribution in [2.75, 3.05) is 11.9 Å². The van der Waals surface area contributed by atoms with Crippen LogP contribution in [0, 0.1) is 13.8 Å². The summed E-state index contributed by atoms with van der Waals surface area (Å²) in [4.78, 5) is 6.43. The maximum atomic E-state index is 5.97. The van der Waals surface area contributed by atoms with Crippen molar-refractivity contribution in [2.45, 2.75) is 19.7 Å². The Labute approximate surface area is 113 Å². The molecule has 0 saturated heterocycles. The molecule has 2 nitrogen and oxygen atoms in total. The zero-order valence-corrected chi connectivity index (χ0v) is 11.7. The first-order valence-corrected chi connectivity index (χ1v) is 6.47. The lowest BCUT2D eigenvalue weighted by Gasteiger charge is -2.22. The predicted molar refractivity (Wildman–Crippen MR) is 77.8 cm³/mol. The van der Waals surface area contributed by atoms with Crippen LogP contribution >= 0.6 is 11.6 Å². The Morgan fingerprint density at radius 2 is 1.83 bits per heavy atom. The topological polar surface area (TPSA) is 16.1 Å². The van der Waals surface area contributed by atoms with Gasteiger partial charge >= 0.3 is 0 Å². The summed E-state index contributed by atoms with van der Waals surface area (Å²) in [6.45, 7) is 4.08. The Bertz CT molecular complexity index is 535. The van der Waals surface area contributed by atoms with Crippen molar-refractivity contribution in [2.24, 2.45) is 0 Å². The summed E-state index contributed by atoms with van der Waals surface area (Å²) in [7, 11) is 2.05. The monoisotopic (exact) mass is 260 g/mol. The summed E-state index contributed by atoms with van der Waals surface area (Å²) in [6.07, 6.45) is 1.85. The maximum absolute atomic E-state index is 5.97. The number of hydrogen-bond donors (Lipinski definition) is 0. The molecule has 0 radical (unpaired) electrons. The van der Waals surface area contributed by atoms with Gasteiger partial charge in [0.25, 0.3) is 0 Å². The summed E-state index contributed by atoms with van der Waals surface area (Å²) >= 11 is 5.97. The van der Waals surface area contributed by atoms with Crippen LogP contribution in [0.15, 0.2) is 36.5 Å². The van der Waals surface area contributed by atoms with Crippen LogP contribution < -0.4 is 4.90 Å². The molecule has 2 aromatic rings. The first kappa shape index (κ1) is 12.9. The van der Waals surface area contributed by atoms with Gasteiger partial charge in [0.05, 0.1) is 5.88 Å². The van der Waals surface area contributed by atoms with Gasteiger partial charge in [-0.3, -0.25) is 4.98 Å². The highest BCUT2D eigenvalue weighted by molar-refractivity contribution is 6.17. The Morgan fingerprint density at radius 3 is 2.44 bits per heavy atom. The van der Waals surface area contributed by atoms with E-state index in [1.54, 1.807) is 0 Å². The van der Waals surface area contributed by atoms with Gasteiger partial charge in [-0.05, 0) is 32.0 Å². The van der Waals surface area contributed by atoms with E-state index in [1.165, 1.54) is 5.56 Å². The Balaban J connectivity index is 2.41. The minimum absolute atomic E-state index is 0.471. The molecule has 0 unspecified atom stereocenters. The van der Waals surface area contributed by atoms with E-state index in [9.17, 15) is 0 Å². The van der Waals surface area contributed by atoms with Crippen molar-refractivity contribution < 1.29 is 0 Å². The van der Waals surface area contributed by atoms with Crippen molar-refractivity contribution >= 4 is 23.0 Å². The van der Waals surface area contributed by atoms with Gasteiger partial charge in [0.1, 0.15) is 0 Å². The Hall–Kier alpha value is -1.54. The molecule has 3 heteroatoms. The van der Waals surface area contributed by atoms with E-state index in [2.05, 4.69) is 54.2 Å². The molecule has 0 N–H and O–H groups in total. The molecule has 94 valence electrons. The van der Waals surface area contributed by atoms with Crippen LogP contribution in [0.3, 0.4) is 0 Å². The third-order valence-corrected chi connectivity index (χ3v) is 3.31. The standard InChI is InChI=1S/C15H17ClN2/c1-11-4-6-14(7-5-11)18(3)15-8-12(2)17-10-13(15)9-16/h4-8,10H,9H2,1-3H3. The van der Waals surface area contributed by atoms with Gasteiger partial charge in [0.2, 0.25) is 0 Å². The molecule has 0 fully saturated rings. The van der Waals surface area contributed by atoms with Gasteiger partial charge in [-0.1, -0.05) is 17.7 Å². The molecule has 0 bridgehead atoms. The normalized spacial score (nSPS) is 10.4. The van der Waals surface area contributed by atoms with Gasteiger partial charge in [0, 0.05) is 35.9 Å². The molecule has 0 aliphatic carbocycles. The maximum Gasteiger partial charge on any atom is 0.0510 e. The molecule has 0 amide bonds. The predicted octanol–water partition coefficient (Wildman–Crippen LogP) is 4.21. The minimum Gasteiger partial charge on any atom is -0.344 e. The van der Waals surface area contributed by atoms with Gasteiger partial charge in [-0.25, -0.2) is 0 Å². The highest BCUT2D eigenvalue weighted by Crippen LogP contribution is 2.28. The molecule has 2 rings (SSSR count). The SMILES string of the molecule is Cc1ccc(N(C)c2cc(C)ncc2CCl)cc1. The molecule has 0 saturated carbocycles. The fourth-order valence-electron chi connectivity index (χ4n) is 1.90. The number of alkyl halides is 1. The molecule has 0 atom stereocenters. The molecule has 0 aliphatic rings. The van der Waals surface area contributed by atoms with E-state index >= 15 is 0 Å². The second-order valence-electron chi connectivity index (χ2n) is 4.48. The molecule has 1 aromatic heterocycles. The first-order chi connectivity index (χ1) is 8.61. The average Bonchev–Trinajstić information content (AvgIpc) is 2.39. The quantitative estimate of drug-likeness (QED) is 0.769. The molecular weight excluding hydrogens is 244 g/mol. The number of aryl methyl sites for hydroxylation is 2. The highest BCUT2D eigenvalue weighted by Gasteiger charge is 2.09. The van der Waals surface area contributed by atoms with Crippen LogP contribution in [0.1, 0.15) is 16.8 Å². The third-order valence-electron chi connectivity index (χ3n) is 3.03. The number of anilines is 2. The van der Waals surface area contributed by atoms with Gasteiger partial charge in [-0.15, -0.1) is 11.6 Å². The molecular formula is C15H17ClN2. The number of benzene rings is 1. The van der Waals surface area contributed by atoms with Crippen LogP contribution in [0.25, 0.3) is 0 Å². The smallest absolute Gasteiger partial charge is 0.0510 e. The zero-order valence-electron chi connectivity index (χ0n) is 10.9. The lowest BCUT2D eigenvalue weighted by Crippen LogP contribution is -2.12. The lowest BCUT2D eigenvalue weighted by molar-refractivity contribution is 1.10. The largest absolute Gasteiger partial charge is 0.344 e. The van der Waals surface area contributed by atoms with E-state index in [4.69, 9.17) is 11.6 Å². The highest BCUT2D eigenvalue weighted by atomic mass is 35.5. The van der Waals surface area contributed by atoms with Gasteiger partial charge in [-0.2, -0.15) is 0 Å². The van der Waals surface area contributed by atoms with Crippen LogP contribution in [-0.4, -0.2) is 12.0 Å². The van der Waals surface area contributed by atoms with Crippen molar-refractivity contribution in [3.05, 3.63) is 53.3 Å². The second-order valence-corrected chi connectivity index (χ2v) is 4.75. The van der Waals surface area contributed by atoms with E-state index in [1.807, 2.05) is 13.1 Å². The average molecular weight is 261 g/mol. The van der Waals surface area contributed by atoms with E-state index < -0.39 is 0 Å². The summed E-state index contributed by atoms with van der Waals surface area (Å²) in [5.74, 6) is 0.471. The minimum atomic E-state index is 0.471. The van der Waals surface area contributed by atoms with E-state index in [0.717, 1.165) is 22.6 Å². The summed E-state index contributed by atoms with van der Waals surface area (Å²) < 4.78 is 0. The molecule has 18 heavy (non-hydrogen) atoms. The number of nitrogens with zero attached hydrogens (tertiary/aromatic N) is 2. The van der Waals surface area contributed by atoms with Crippen molar-refractivity contribution in [1.29, 1.82) is 0 Å². The summed E-state index contributed by atoms with van der Waals surface area (Å²) in [6, 6.07) is 10.5. The van der Waals surface area contributed by atoms with Gasteiger partial charge in [0.15, 0.2) is 0 Å². The fourth-order valence-corrected chi connectivity index (χ4v) is 2.10. The van der Waals surface area contributed by atoms with Crippen molar-refractivity contribution in [1.82, 2.24) is 4.98 Å². The van der Waals surface area contributed by atoms with Gasteiger partial charge < -0.3 is 4.90 Å². The molecule has 0 aliphatic heterocycles. The molecule has 0 spiro atoms. The number of rotatable bonds is 3. The zero-order chi connectivity index (χ0) is 13.1. The number of halogens is 1. The first-order valence-electron chi connectivity index (χ1n) is 5.93. The lowest BCUT2D eigenvalue weighted by atomic mass is 10.1. The van der Waals surface area contributed by atoms with Crippen LogP contribution in [0.4, 0.5) is 11.4 Å². The molecule has 1 aromatic carbocycles. The second kappa shape index (κ2) is 5.40. The fraction of sp³-hybridized carbons (Fsp3) is 0.267. The number of aromatic nitrogens is 1. The summed E-state index contributed by atoms with van der Waals surface area (Å²) in [5, 5.41) is 0. The number of pyridine rings is 1. The van der Waals surface area contributed by atoms with Crippen molar-refractivity contribution in [3.63, 3.8) is 0 Å². The Morgan fingerprint density at radius 1 is 1.17 bits per heavy atom. The van der Waals surface area contributed by atoms with Crippen LogP contribution in [0.5, 0.6) is 0 Å². The molecule has 1 heterocycles. The van der Waals surface area contributed by atoms with E-state index in [-0.39, 0.29) is 0 Å². The Kier molecular flexibility index (Phi) is 3.87. The van der Waals surface area contributed by atoms with Crippen LogP contribution in [0.2, 0.25) is 0 Å². The van der Waals surface area contributed by atoms with Crippen molar-refractivity contribution in [3.8, 4) is 0 Å².